The first kappa shape index (κ1) is 14.9. The predicted molar refractivity (Wildman–Crippen MR) is 91.6 cm³/mol. The van der Waals surface area contributed by atoms with Crippen molar-refractivity contribution in [1.82, 2.24) is 20.1 Å². The molecule has 0 bridgehead atoms. The Balaban J connectivity index is 1.62. The van der Waals surface area contributed by atoms with Gasteiger partial charge in [-0.2, -0.15) is 5.10 Å². The fourth-order valence-corrected chi connectivity index (χ4v) is 3.14. The number of carbonyl (C=O) groups excluding carboxylic acids is 1. The fourth-order valence-electron chi connectivity index (χ4n) is 3.03. The number of nitrogens with one attached hydrogen (secondary N) is 1. The van der Waals surface area contributed by atoms with Crippen molar-refractivity contribution in [2.45, 2.75) is 20.0 Å². The topological polar surface area (TPSA) is 61.9 Å². The maximum absolute atomic E-state index is 12.6. The van der Waals surface area contributed by atoms with Crippen molar-refractivity contribution in [3.63, 3.8) is 0 Å². The van der Waals surface area contributed by atoms with Gasteiger partial charge in [0.1, 0.15) is 5.15 Å². The highest BCUT2D eigenvalue weighted by Crippen LogP contribution is 2.32. The molecule has 5 nitrogen and oxygen atoms in total. The molecule has 0 saturated heterocycles. The number of pyridine rings is 1. The van der Waals surface area contributed by atoms with E-state index in [1.807, 2.05) is 12.1 Å². The van der Waals surface area contributed by atoms with E-state index in [0.29, 0.717) is 23.8 Å². The summed E-state index contributed by atoms with van der Waals surface area (Å²) >= 11 is 5.79. The van der Waals surface area contributed by atoms with E-state index < -0.39 is 0 Å². The van der Waals surface area contributed by atoms with Crippen LogP contribution in [-0.4, -0.2) is 26.0 Å². The molecule has 1 N–H and O–H groups in total. The van der Waals surface area contributed by atoms with Gasteiger partial charge in [-0.3, -0.25) is 9.89 Å². The number of hydrogen-bond acceptors (Lipinski definition) is 3. The van der Waals surface area contributed by atoms with Crippen LogP contribution in [-0.2, 0) is 13.1 Å². The first-order chi connectivity index (χ1) is 11.6. The molecule has 4 rings (SSSR count). The molecule has 0 radical (unpaired) electrons. The second-order valence-electron chi connectivity index (χ2n) is 5.88. The molecular weight excluding hydrogens is 324 g/mol. The number of carbonyl (C=O) groups is 1. The van der Waals surface area contributed by atoms with Crippen LogP contribution in [0.3, 0.4) is 0 Å². The molecule has 0 fully saturated rings. The molecule has 0 atom stereocenters. The van der Waals surface area contributed by atoms with Crippen molar-refractivity contribution in [1.29, 1.82) is 0 Å². The zero-order valence-electron chi connectivity index (χ0n) is 13.1. The summed E-state index contributed by atoms with van der Waals surface area (Å²) in [5.41, 5.74) is 5.79. The molecule has 3 heterocycles. The van der Waals surface area contributed by atoms with Gasteiger partial charge in [0.2, 0.25) is 0 Å². The summed E-state index contributed by atoms with van der Waals surface area (Å²) in [7, 11) is 0. The summed E-state index contributed by atoms with van der Waals surface area (Å²) in [5.74, 6) is -0.0560. The monoisotopic (exact) mass is 338 g/mol. The first-order valence-corrected chi connectivity index (χ1v) is 8.04. The molecule has 3 aromatic rings. The standard InChI is InChI=1S/C18H15ClN4O/c1-11-4-2-3-5-13(11)17-14-9-23(10-15(14)21-22-17)18(24)12-6-7-16(19)20-8-12/h2-8H,9-10H2,1H3,(H,21,22). The molecule has 2 aromatic heterocycles. The number of halogens is 1. The van der Waals surface area contributed by atoms with Crippen molar-refractivity contribution in [2.75, 3.05) is 0 Å². The van der Waals surface area contributed by atoms with Crippen LogP contribution in [0.15, 0.2) is 42.6 Å². The molecule has 120 valence electrons. The van der Waals surface area contributed by atoms with Crippen LogP contribution in [0, 0.1) is 6.92 Å². The van der Waals surface area contributed by atoms with Gasteiger partial charge in [-0.05, 0) is 24.6 Å². The number of aromatic amines is 1. The Labute approximate surface area is 144 Å². The van der Waals surface area contributed by atoms with Crippen molar-refractivity contribution in [3.8, 4) is 11.3 Å². The smallest absolute Gasteiger partial charge is 0.256 e. The number of amides is 1. The molecule has 6 heteroatoms. The van der Waals surface area contributed by atoms with Crippen LogP contribution in [0.1, 0.15) is 27.2 Å². The average Bonchev–Trinajstić information content (AvgIpc) is 3.16. The Morgan fingerprint density at radius 1 is 1.21 bits per heavy atom. The van der Waals surface area contributed by atoms with Crippen molar-refractivity contribution in [3.05, 3.63) is 70.1 Å². The number of H-pyrrole nitrogens is 1. The number of nitrogens with zero attached hydrogens (tertiary/aromatic N) is 3. The number of aromatic nitrogens is 3. The quantitative estimate of drug-likeness (QED) is 0.726. The van der Waals surface area contributed by atoms with E-state index in [2.05, 4.69) is 34.2 Å². The lowest BCUT2D eigenvalue weighted by Gasteiger charge is -2.15. The van der Waals surface area contributed by atoms with Crippen molar-refractivity contribution < 1.29 is 4.79 Å². The molecule has 24 heavy (non-hydrogen) atoms. The SMILES string of the molecule is Cc1ccccc1-c1n[nH]c2c1CN(C(=O)c1ccc(Cl)nc1)C2. The largest absolute Gasteiger partial charge is 0.328 e. The van der Waals surface area contributed by atoms with Gasteiger partial charge in [0.05, 0.1) is 30.0 Å². The van der Waals surface area contributed by atoms with Crippen molar-refractivity contribution in [2.24, 2.45) is 0 Å². The Bertz CT molecular complexity index is 917. The Kier molecular flexibility index (Phi) is 3.58. The second kappa shape index (κ2) is 5.76. The van der Waals surface area contributed by atoms with Crippen LogP contribution in [0.25, 0.3) is 11.3 Å². The number of hydrogen-bond donors (Lipinski definition) is 1. The minimum absolute atomic E-state index is 0.0560. The van der Waals surface area contributed by atoms with Gasteiger partial charge in [0.15, 0.2) is 0 Å². The van der Waals surface area contributed by atoms with E-state index in [4.69, 9.17) is 11.6 Å². The highest BCUT2D eigenvalue weighted by Gasteiger charge is 2.29. The maximum Gasteiger partial charge on any atom is 0.256 e. The van der Waals surface area contributed by atoms with Gasteiger partial charge < -0.3 is 4.90 Å². The van der Waals surface area contributed by atoms with Crippen LogP contribution < -0.4 is 0 Å². The number of benzene rings is 1. The van der Waals surface area contributed by atoms with Gasteiger partial charge in [-0.25, -0.2) is 4.98 Å². The lowest BCUT2D eigenvalue weighted by atomic mass is 10.0. The number of fused-ring (bicyclic) bond motifs is 1. The van der Waals surface area contributed by atoms with Gasteiger partial charge in [-0.1, -0.05) is 35.9 Å². The third-order valence-corrected chi connectivity index (χ3v) is 4.54. The summed E-state index contributed by atoms with van der Waals surface area (Å²) in [6.45, 7) is 3.13. The van der Waals surface area contributed by atoms with E-state index in [0.717, 1.165) is 22.5 Å². The molecule has 0 saturated carbocycles. The van der Waals surface area contributed by atoms with Gasteiger partial charge in [-0.15, -0.1) is 0 Å². The zero-order valence-corrected chi connectivity index (χ0v) is 13.8. The molecule has 0 unspecified atom stereocenters. The Hall–Kier alpha value is -2.66. The zero-order chi connectivity index (χ0) is 16.7. The highest BCUT2D eigenvalue weighted by molar-refractivity contribution is 6.29. The number of aryl methyl sites for hydroxylation is 1. The van der Waals surface area contributed by atoms with E-state index in [1.54, 1.807) is 17.0 Å². The Morgan fingerprint density at radius 2 is 2.04 bits per heavy atom. The fraction of sp³-hybridized carbons (Fsp3) is 0.167. The predicted octanol–water partition coefficient (Wildman–Crippen LogP) is 3.59. The van der Waals surface area contributed by atoms with E-state index in [9.17, 15) is 4.79 Å². The maximum atomic E-state index is 12.6. The van der Waals surface area contributed by atoms with E-state index in [1.165, 1.54) is 11.8 Å². The van der Waals surface area contributed by atoms with E-state index in [-0.39, 0.29) is 5.91 Å². The molecule has 0 aliphatic carbocycles. The summed E-state index contributed by atoms with van der Waals surface area (Å²) in [6.07, 6.45) is 1.51. The van der Waals surface area contributed by atoms with Gasteiger partial charge in [0.25, 0.3) is 5.91 Å². The molecule has 1 amide bonds. The lowest BCUT2D eigenvalue weighted by Crippen LogP contribution is -2.25. The average molecular weight is 339 g/mol. The van der Waals surface area contributed by atoms with Crippen LogP contribution >= 0.6 is 11.6 Å². The molecule has 1 aliphatic heterocycles. The van der Waals surface area contributed by atoms with Crippen LogP contribution in [0.5, 0.6) is 0 Å². The summed E-state index contributed by atoms with van der Waals surface area (Å²) in [5, 5.41) is 7.91. The molecule has 1 aromatic carbocycles. The van der Waals surface area contributed by atoms with Crippen LogP contribution in [0.4, 0.5) is 0 Å². The van der Waals surface area contributed by atoms with Gasteiger partial charge in [0, 0.05) is 17.3 Å². The third kappa shape index (κ3) is 2.47. The highest BCUT2D eigenvalue weighted by atomic mass is 35.5. The summed E-state index contributed by atoms with van der Waals surface area (Å²) in [6, 6.07) is 11.5. The normalized spacial score (nSPS) is 13.2. The Morgan fingerprint density at radius 3 is 2.79 bits per heavy atom. The van der Waals surface area contributed by atoms with Crippen LogP contribution in [0.2, 0.25) is 5.15 Å². The van der Waals surface area contributed by atoms with E-state index >= 15 is 0 Å². The summed E-state index contributed by atoms with van der Waals surface area (Å²) < 4.78 is 0. The first-order valence-electron chi connectivity index (χ1n) is 7.66. The molecular formula is C18H15ClN4O. The minimum Gasteiger partial charge on any atom is -0.328 e. The van der Waals surface area contributed by atoms with Gasteiger partial charge >= 0.3 is 0 Å². The molecule has 1 aliphatic rings. The van der Waals surface area contributed by atoms with Crippen molar-refractivity contribution >= 4 is 17.5 Å². The molecule has 0 spiro atoms. The number of rotatable bonds is 2. The third-order valence-electron chi connectivity index (χ3n) is 4.31. The lowest BCUT2D eigenvalue weighted by molar-refractivity contribution is 0.0749. The second-order valence-corrected chi connectivity index (χ2v) is 6.26. The summed E-state index contributed by atoms with van der Waals surface area (Å²) in [4.78, 5) is 18.4. The minimum atomic E-state index is -0.0560.